The summed E-state index contributed by atoms with van der Waals surface area (Å²) < 4.78 is 16.7. The quantitative estimate of drug-likeness (QED) is 0.0350. The fraction of sp³-hybridized carbons (Fsp3) is 0.938. The molecule has 0 aromatic rings. The summed E-state index contributed by atoms with van der Waals surface area (Å²) in [6.07, 6.45) is 39.6. The molecule has 6 heteroatoms. The molecule has 0 spiro atoms. The number of ether oxygens (including phenoxy) is 3. The molecular weight excluding hydrogens is 673 g/mol. The van der Waals surface area contributed by atoms with Gasteiger partial charge in [0.05, 0.1) is 0 Å². The van der Waals surface area contributed by atoms with Gasteiger partial charge in [-0.3, -0.25) is 14.4 Å². The Labute approximate surface area is 336 Å². The smallest absolute Gasteiger partial charge is 0.306 e. The van der Waals surface area contributed by atoms with Crippen molar-refractivity contribution in [2.45, 2.75) is 265 Å². The summed E-state index contributed by atoms with van der Waals surface area (Å²) in [5, 5.41) is 0. The van der Waals surface area contributed by atoms with Crippen molar-refractivity contribution in [3.63, 3.8) is 0 Å². The molecule has 320 valence electrons. The van der Waals surface area contributed by atoms with Crippen molar-refractivity contribution >= 4 is 17.9 Å². The minimum absolute atomic E-state index is 0.0654. The predicted octanol–water partition coefficient (Wildman–Crippen LogP) is 15.0. The second kappa shape index (κ2) is 41.1. The maximum absolute atomic E-state index is 12.7. The summed E-state index contributed by atoms with van der Waals surface area (Å²) >= 11 is 0. The van der Waals surface area contributed by atoms with Crippen molar-refractivity contribution in [3.8, 4) is 0 Å². The summed E-state index contributed by atoms with van der Waals surface area (Å²) in [6, 6.07) is 0. The lowest BCUT2D eigenvalue weighted by atomic mass is 10.0. The van der Waals surface area contributed by atoms with Crippen molar-refractivity contribution in [1.29, 1.82) is 0 Å². The van der Waals surface area contributed by atoms with Crippen LogP contribution in [0.2, 0.25) is 0 Å². The van der Waals surface area contributed by atoms with E-state index in [1.54, 1.807) is 0 Å². The minimum atomic E-state index is -0.760. The molecule has 0 aliphatic heterocycles. The second-order valence-corrected chi connectivity index (χ2v) is 17.3. The molecule has 0 aliphatic carbocycles. The van der Waals surface area contributed by atoms with Gasteiger partial charge in [0.15, 0.2) is 6.10 Å². The molecule has 0 unspecified atom stereocenters. The zero-order chi connectivity index (χ0) is 39.7. The highest BCUT2D eigenvalue weighted by atomic mass is 16.6. The largest absolute Gasteiger partial charge is 0.462 e. The number of esters is 3. The number of hydrogen-bond acceptors (Lipinski definition) is 6. The summed E-state index contributed by atoms with van der Waals surface area (Å²) in [5.74, 6) is 0.750. The first kappa shape index (κ1) is 52.4. The van der Waals surface area contributed by atoms with Crippen LogP contribution in [0.15, 0.2) is 0 Å². The van der Waals surface area contributed by atoms with E-state index in [0.717, 1.165) is 69.6 Å². The van der Waals surface area contributed by atoms with Crippen LogP contribution in [0.4, 0.5) is 0 Å². The lowest BCUT2D eigenvalue weighted by Gasteiger charge is -2.18. The van der Waals surface area contributed by atoms with E-state index < -0.39 is 6.10 Å². The molecule has 0 radical (unpaired) electrons. The van der Waals surface area contributed by atoms with Crippen LogP contribution in [-0.2, 0) is 28.6 Å². The minimum Gasteiger partial charge on any atom is -0.462 e. The molecule has 0 aromatic carbocycles. The third-order valence-electron chi connectivity index (χ3n) is 10.7. The highest BCUT2D eigenvalue weighted by Crippen LogP contribution is 2.17. The van der Waals surface area contributed by atoms with Crippen LogP contribution in [0.3, 0.4) is 0 Å². The molecule has 0 amide bonds. The van der Waals surface area contributed by atoms with E-state index >= 15 is 0 Å². The summed E-state index contributed by atoms with van der Waals surface area (Å²) in [4.78, 5) is 37.7. The fourth-order valence-electron chi connectivity index (χ4n) is 7.11. The van der Waals surface area contributed by atoms with Gasteiger partial charge >= 0.3 is 17.9 Å². The Balaban J connectivity index is 4.24. The first-order valence-electron chi connectivity index (χ1n) is 23.7. The van der Waals surface area contributed by atoms with Gasteiger partial charge in [-0.25, -0.2) is 0 Å². The first-order chi connectivity index (χ1) is 26.2. The van der Waals surface area contributed by atoms with Gasteiger partial charge in [0.1, 0.15) is 13.2 Å². The van der Waals surface area contributed by atoms with E-state index in [4.69, 9.17) is 14.2 Å². The molecule has 54 heavy (non-hydrogen) atoms. The van der Waals surface area contributed by atoms with Gasteiger partial charge in [-0.15, -0.1) is 0 Å². The zero-order valence-corrected chi connectivity index (χ0v) is 36.8. The zero-order valence-electron chi connectivity index (χ0n) is 36.8. The number of hydrogen-bond donors (Lipinski definition) is 0. The Morgan fingerprint density at radius 2 is 0.611 bits per heavy atom. The van der Waals surface area contributed by atoms with E-state index in [1.165, 1.54) is 148 Å². The molecule has 0 saturated heterocycles. The highest BCUT2D eigenvalue weighted by molar-refractivity contribution is 5.71. The van der Waals surface area contributed by atoms with Crippen LogP contribution in [-0.4, -0.2) is 37.2 Å². The van der Waals surface area contributed by atoms with Gasteiger partial charge in [0.2, 0.25) is 0 Å². The number of rotatable bonds is 42. The van der Waals surface area contributed by atoms with E-state index in [2.05, 4.69) is 34.6 Å². The van der Waals surface area contributed by atoms with Crippen molar-refractivity contribution in [1.82, 2.24) is 0 Å². The molecule has 0 rings (SSSR count). The Hall–Kier alpha value is -1.59. The molecule has 0 bridgehead atoms. The van der Waals surface area contributed by atoms with Gasteiger partial charge in [-0.05, 0) is 31.1 Å². The Morgan fingerprint density at radius 1 is 0.352 bits per heavy atom. The van der Waals surface area contributed by atoms with Gasteiger partial charge in [-0.1, -0.05) is 221 Å². The molecule has 0 N–H and O–H groups in total. The molecule has 0 saturated carbocycles. The van der Waals surface area contributed by atoms with Crippen molar-refractivity contribution in [3.05, 3.63) is 0 Å². The highest BCUT2D eigenvalue weighted by Gasteiger charge is 2.19. The topological polar surface area (TPSA) is 78.9 Å². The second-order valence-electron chi connectivity index (χ2n) is 17.3. The third-order valence-corrected chi connectivity index (χ3v) is 10.7. The van der Waals surface area contributed by atoms with E-state index in [-0.39, 0.29) is 31.1 Å². The van der Waals surface area contributed by atoms with E-state index in [0.29, 0.717) is 19.3 Å². The maximum atomic E-state index is 12.7. The Kier molecular flexibility index (Phi) is 39.8. The lowest BCUT2D eigenvalue weighted by molar-refractivity contribution is -0.167. The van der Waals surface area contributed by atoms with Crippen LogP contribution in [0.1, 0.15) is 259 Å². The SMILES string of the molecule is CCCCCCCCCCCC(=O)OC[C@H](COC(=O)CCCCCCCCC(C)C)OC(=O)CCCCCCCCCCCCCCCCCC(C)C. The number of carbonyl (C=O) groups excluding carboxylic acids is 3. The van der Waals surface area contributed by atoms with Crippen LogP contribution in [0.5, 0.6) is 0 Å². The lowest BCUT2D eigenvalue weighted by Crippen LogP contribution is -2.30. The van der Waals surface area contributed by atoms with Crippen molar-refractivity contribution in [2.24, 2.45) is 11.8 Å². The number of carbonyl (C=O) groups is 3. The molecule has 0 aromatic heterocycles. The predicted molar refractivity (Wildman–Crippen MR) is 229 cm³/mol. The van der Waals surface area contributed by atoms with Crippen LogP contribution < -0.4 is 0 Å². The molecule has 0 aliphatic rings. The average Bonchev–Trinajstić information content (AvgIpc) is 3.14. The third kappa shape index (κ3) is 41.6. The van der Waals surface area contributed by atoms with Crippen molar-refractivity contribution < 1.29 is 28.6 Å². The fourth-order valence-corrected chi connectivity index (χ4v) is 7.11. The molecule has 0 heterocycles. The van der Waals surface area contributed by atoms with Crippen LogP contribution in [0, 0.1) is 11.8 Å². The van der Waals surface area contributed by atoms with Gasteiger partial charge in [0, 0.05) is 19.3 Å². The van der Waals surface area contributed by atoms with Crippen LogP contribution in [0.25, 0.3) is 0 Å². The Bertz CT molecular complexity index is 824. The molecular formula is C48H92O6. The summed E-state index contributed by atoms with van der Waals surface area (Å²) in [6.45, 7) is 11.3. The van der Waals surface area contributed by atoms with Crippen LogP contribution >= 0.6 is 0 Å². The van der Waals surface area contributed by atoms with Crippen molar-refractivity contribution in [2.75, 3.05) is 13.2 Å². The van der Waals surface area contributed by atoms with Gasteiger partial charge in [0.25, 0.3) is 0 Å². The monoisotopic (exact) mass is 765 g/mol. The summed E-state index contributed by atoms with van der Waals surface area (Å²) in [5.41, 5.74) is 0. The van der Waals surface area contributed by atoms with Gasteiger partial charge in [-0.2, -0.15) is 0 Å². The Morgan fingerprint density at radius 3 is 0.907 bits per heavy atom. The standard InChI is InChI=1S/C48H92O6/c1-6-7-8-9-10-18-22-28-33-38-46(49)52-41-45(42-53-47(50)39-34-29-25-24-27-32-37-44(4)5)54-48(51)40-35-30-23-20-17-15-13-11-12-14-16-19-21-26-31-36-43(2)3/h43-45H,6-42H2,1-5H3/t45-/m1/s1. The normalized spacial score (nSPS) is 12.1. The van der Waals surface area contributed by atoms with E-state index in [1.807, 2.05) is 0 Å². The molecule has 1 atom stereocenters. The van der Waals surface area contributed by atoms with E-state index in [9.17, 15) is 14.4 Å². The van der Waals surface area contributed by atoms with Gasteiger partial charge < -0.3 is 14.2 Å². The summed E-state index contributed by atoms with van der Waals surface area (Å²) in [7, 11) is 0. The maximum Gasteiger partial charge on any atom is 0.306 e. The molecule has 0 fully saturated rings. The average molecular weight is 765 g/mol. The first-order valence-corrected chi connectivity index (χ1v) is 23.7. The molecule has 6 nitrogen and oxygen atoms in total. The number of unbranched alkanes of at least 4 members (excludes halogenated alkanes) is 27.